The lowest BCUT2D eigenvalue weighted by Gasteiger charge is -2.24. The van der Waals surface area contributed by atoms with Gasteiger partial charge in [-0.15, -0.1) is 0 Å². The molecule has 0 radical (unpaired) electrons. The summed E-state index contributed by atoms with van der Waals surface area (Å²) in [7, 11) is 0. The zero-order chi connectivity index (χ0) is 20.1. The molecule has 29 heavy (non-hydrogen) atoms. The number of rotatable bonds is 5. The number of carbonyl (C=O) groups excluding carboxylic acids is 1. The summed E-state index contributed by atoms with van der Waals surface area (Å²) < 4.78 is 5.85. The summed E-state index contributed by atoms with van der Waals surface area (Å²) in [6.07, 6.45) is -0.325. The van der Waals surface area contributed by atoms with Crippen LogP contribution in [0.4, 0.5) is 5.69 Å². The summed E-state index contributed by atoms with van der Waals surface area (Å²) >= 11 is 5.97. The lowest BCUT2D eigenvalue weighted by atomic mass is 10.2. The lowest BCUT2D eigenvalue weighted by Crippen LogP contribution is -2.46. The van der Waals surface area contributed by atoms with Crippen LogP contribution in [0.5, 0.6) is 0 Å². The van der Waals surface area contributed by atoms with E-state index in [2.05, 4.69) is 10.3 Å². The van der Waals surface area contributed by atoms with Crippen molar-refractivity contribution in [3.63, 3.8) is 0 Å². The van der Waals surface area contributed by atoms with Crippen molar-refractivity contribution in [3.8, 4) is 0 Å². The minimum absolute atomic E-state index is 0.148. The van der Waals surface area contributed by atoms with Gasteiger partial charge in [0.05, 0.1) is 5.69 Å². The molecule has 0 aromatic heterocycles. The molecule has 1 aliphatic heterocycles. The average Bonchev–Trinajstić information content (AvgIpc) is 3.12. The molecule has 1 unspecified atom stereocenters. The standard InChI is InChI=1S/C23H20ClN3O2/c24-19-11-13-20(14-12-19)25-23-27(15-17-7-3-1-4-8-17)21(16-29-23)26-22(28)18-9-5-2-6-10-18/h1-14,21H,15-16H2,(H,26,28). The van der Waals surface area contributed by atoms with Crippen LogP contribution in [-0.4, -0.2) is 29.6 Å². The van der Waals surface area contributed by atoms with Gasteiger partial charge in [0.2, 0.25) is 0 Å². The Morgan fingerprint density at radius 2 is 1.66 bits per heavy atom. The summed E-state index contributed by atoms with van der Waals surface area (Å²) in [5.74, 6) is -0.148. The number of benzene rings is 3. The van der Waals surface area contributed by atoms with Crippen molar-refractivity contribution in [2.75, 3.05) is 6.61 Å². The zero-order valence-corrected chi connectivity index (χ0v) is 16.4. The first-order valence-electron chi connectivity index (χ1n) is 9.32. The molecule has 146 valence electrons. The largest absolute Gasteiger partial charge is 0.461 e. The Hall–Kier alpha value is -3.31. The molecule has 3 aromatic rings. The number of amides is 1. The Morgan fingerprint density at radius 3 is 2.34 bits per heavy atom. The molecule has 1 heterocycles. The third kappa shape index (κ3) is 4.76. The van der Waals surface area contributed by atoms with E-state index in [0.717, 1.165) is 11.3 Å². The predicted molar refractivity (Wildman–Crippen MR) is 114 cm³/mol. The summed E-state index contributed by atoms with van der Waals surface area (Å²) in [5, 5.41) is 3.70. The molecule has 1 aliphatic rings. The van der Waals surface area contributed by atoms with Gasteiger partial charge in [0.25, 0.3) is 11.9 Å². The number of nitrogens with zero attached hydrogens (tertiary/aromatic N) is 2. The van der Waals surface area contributed by atoms with Gasteiger partial charge in [-0.25, -0.2) is 0 Å². The number of hydrogen-bond acceptors (Lipinski definition) is 3. The number of carbonyl (C=O) groups is 1. The number of amidine groups is 1. The zero-order valence-electron chi connectivity index (χ0n) is 15.7. The van der Waals surface area contributed by atoms with Crippen molar-refractivity contribution >= 4 is 29.2 Å². The lowest BCUT2D eigenvalue weighted by molar-refractivity contribution is 0.0901. The molecule has 1 N–H and O–H groups in total. The highest BCUT2D eigenvalue weighted by Crippen LogP contribution is 2.21. The summed E-state index contributed by atoms with van der Waals surface area (Å²) in [4.78, 5) is 19.2. The van der Waals surface area contributed by atoms with E-state index < -0.39 is 0 Å². The average molecular weight is 406 g/mol. The van der Waals surface area contributed by atoms with Gasteiger partial charge in [0, 0.05) is 17.1 Å². The van der Waals surface area contributed by atoms with Crippen molar-refractivity contribution in [3.05, 3.63) is 101 Å². The van der Waals surface area contributed by atoms with Gasteiger partial charge >= 0.3 is 0 Å². The number of halogens is 1. The molecule has 0 bridgehead atoms. The molecule has 3 aromatic carbocycles. The van der Waals surface area contributed by atoms with Crippen molar-refractivity contribution in [2.24, 2.45) is 4.99 Å². The van der Waals surface area contributed by atoms with Gasteiger partial charge in [0.15, 0.2) is 0 Å². The second-order valence-corrected chi connectivity index (χ2v) is 7.09. The molecule has 1 amide bonds. The van der Waals surface area contributed by atoms with Crippen LogP contribution in [0.1, 0.15) is 15.9 Å². The van der Waals surface area contributed by atoms with E-state index >= 15 is 0 Å². The van der Waals surface area contributed by atoms with Crippen LogP contribution in [0.3, 0.4) is 0 Å². The van der Waals surface area contributed by atoms with E-state index in [9.17, 15) is 4.79 Å². The van der Waals surface area contributed by atoms with Crippen molar-refractivity contribution in [1.29, 1.82) is 0 Å². The minimum atomic E-state index is -0.325. The first kappa shape index (κ1) is 19.0. The fourth-order valence-corrected chi connectivity index (χ4v) is 3.21. The van der Waals surface area contributed by atoms with Gasteiger partial charge in [-0.2, -0.15) is 4.99 Å². The van der Waals surface area contributed by atoms with Crippen molar-refractivity contribution < 1.29 is 9.53 Å². The normalized spacial score (nSPS) is 17.2. The first-order valence-corrected chi connectivity index (χ1v) is 9.70. The van der Waals surface area contributed by atoms with Gasteiger partial charge in [-0.1, -0.05) is 60.1 Å². The van der Waals surface area contributed by atoms with Crippen LogP contribution in [0.2, 0.25) is 5.02 Å². The molecule has 1 fully saturated rings. The van der Waals surface area contributed by atoms with Crippen LogP contribution < -0.4 is 5.32 Å². The predicted octanol–water partition coefficient (Wildman–Crippen LogP) is 4.62. The topological polar surface area (TPSA) is 53.9 Å². The number of ether oxygens (including phenoxy) is 1. The summed E-state index contributed by atoms with van der Waals surface area (Å²) in [5.41, 5.74) is 2.44. The smallest absolute Gasteiger partial charge is 0.294 e. The highest BCUT2D eigenvalue weighted by molar-refractivity contribution is 6.30. The van der Waals surface area contributed by atoms with E-state index in [1.807, 2.05) is 65.6 Å². The molecule has 1 saturated heterocycles. The van der Waals surface area contributed by atoms with Crippen LogP contribution >= 0.6 is 11.6 Å². The monoisotopic (exact) mass is 405 g/mol. The maximum atomic E-state index is 12.7. The van der Waals surface area contributed by atoms with Crippen LogP contribution in [0.15, 0.2) is 89.9 Å². The molecule has 0 spiro atoms. The van der Waals surface area contributed by atoms with Crippen LogP contribution in [0, 0.1) is 0 Å². The third-order valence-corrected chi connectivity index (χ3v) is 4.82. The van der Waals surface area contributed by atoms with E-state index in [1.54, 1.807) is 24.3 Å². The number of nitrogens with one attached hydrogen (secondary N) is 1. The maximum Gasteiger partial charge on any atom is 0.294 e. The van der Waals surface area contributed by atoms with Crippen molar-refractivity contribution in [1.82, 2.24) is 10.2 Å². The van der Waals surface area contributed by atoms with Crippen LogP contribution in [0.25, 0.3) is 0 Å². The molecule has 6 heteroatoms. The Labute approximate surface area is 174 Å². The second kappa shape index (κ2) is 8.80. The van der Waals surface area contributed by atoms with E-state index in [4.69, 9.17) is 16.3 Å². The molecular weight excluding hydrogens is 386 g/mol. The Kier molecular flexibility index (Phi) is 5.77. The van der Waals surface area contributed by atoms with Gasteiger partial charge in [-0.05, 0) is 42.0 Å². The second-order valence-electron chi connectivity index (χ2n) is 6.65. The first-order chi connectivity index (χ1) is 14.2. The fourth-order valence-electron chi connectivity index (χ4n) is 3.08. The fraction of sp³-hybridized carbons (Fsp3) is 0.130. The quantitative estimate of drug-likeness (QED) is 0.674. The Balaban J connectivity index is 1.58. The molecule has 0 aliphatic carbocycles. The van der Waals surface area contributed by atoms with E-state index in [1.165, 1.54) is 0 Å². The van der Waals surface area contributed by atoms with Gasteiger partial charge < -0.3 is 10.1 Å². The highest BCUT2D eigenvalue weighted by atomic mass is 35.5. The SMILES string of the molecule is O=C(NC1COC(=Nc2ccc(Cl)cc2)N1Cc1ccccc1)c1ccccc1. The molecule has 5 nitrogen and oxygen atoms in total. The Bertz CT molecular complexity index is 992. The molecule has 0 saturated carbocycles. The van der Waals surface area contributed by atoms with Gasteiger partial charge in [-0.3, -0.25) is 9.69 Å². The number of aliphatic imine (C=N–C) groups is 1. The number of hydrogen-bond donors (Lipinski definition) is 1. The Morgan fingerprint density at radius 1 is 1.00 bits per heavy atom. The van der Waals surface area contributed by atoms with Gasteiger partial charge in [0.1, 0.15) is 12.8 Å². The third-order valence-electron chi connectivity index (χ3n) is 4.57. The van der Waals surface area contributed by atoms with E-state index in [0.29, 0.717) is 29.8 Å². The van der Waals surface area contributed by atoms with E-state index in [-0.39, 0.29) is 12.1 Å². The van der Waals surface area contributed by atoms with Crippen molar-refractivity contribution in [2.45, 2.75) is 12.7 Å². The molecule has 4 rings (SSSR count). The molecule has 1 atom stereocenters. The highest BCUT2D eigenvalue weighted by Gasteiger charge is 2.32. The maximum absolute atomic E-state index is 12.7. The van der Waals surface area contributed by atoms with Crippen LogP contribution in [-0.2, 0) is 11.3 Å². The summed E-state index contributed by atoms with van der Waals surface area (Å²) in [6.45, 7) is 0.880. The minimum Gasteiger partial charge on any atom is -0.461 e. The molecular formula is C23H20ClN3O2. The summed E-state index contributed by atoms with van der Waals surface area (Å²) in [6, 6.07) is 26.9.